The van der Waals surface area contributed by atoms with Crippen molar-refractivity contribution < 1.29 is 9.90 Å². The van der Waals surface area contributed by atoms with Crippen molar-refractivity contribution >= 4 is 5.97 Å². The van der Waals surface area contributed by atoms with E-state index in [4.69, 9.17) is 0 Å². The van der Waals surface area contributed by atoms with Crippen molar-refractivity contribution in [1.29, 1.82) is 0 Å². The van der Waals surface area contributed by atoms with Crippen molar-refractivity contribution in [3.05, 3.63) is 75.5 Å². The first-order chi connectivity index (χ1) is 14.0. The minimum absolute atomic E-state index is 0.306. The van der Waals surface area contributed by atoms with E-state index in [1.165, 1.54) is 20.4 Å². The third kappa shape index (κ3) is 3.49. The van der Waals surface area contributed by atoms with E-state index in [1.54, 1.807) is 38.1 Å². The molecule has 7 heteroatoms. The fraction of sp³-hybridized carbons (Fsp3) is 0.318. The highest BCUT2D eigenvalue weighted by Gasteiger charge is 2.22. The van der Waals surface area contributed by atoms with E-state index >= 15 is 0 Å². The normalized spacial score (nSPS) is 14.8. The molecule has 1 aliphatic rings. The van der Waals surface area contributed by atoms with Crippen LogP contribution < -0.4 is 11.0 Å². The van der Waals surface area contributed by atoms with Crippen LogP contribution in [-0.4, -0.2) is 38.5 Å². The predicted molar refractivity (Wildman–Crippen MR) is 110 cm³/mol. The number of nitrogens with zero attached hydrogens (tertiary/aromatic N) is 3. The van der Waals surface area contributed by atoms with Gasteiger partial charge in [-0.2, -0.15) is 4.68 Å². The summed E-state index contributed by atoms with van der Waals surface area (Å²) in [6.45, 7) is 5.25. The number of hydrogen-bond donors (Lipinski definition) is 2. The zero-order valence-electron chi connectivity index (χ0n) is 16.6. The summed E-state index contributed by atoms with van der Waals surface area (Å²) < 4.78 is 2.89. The fourth-order valence-corrected chi connectivity index (χ4v) is 3.89. The maximum absolute atomic E-state index is 13.3. The molecular weight excluding hydrogens is 368 g/mol. The molecule has 2 aromatic carbocycles. The number of aromatic nitrogens is 3. The summed E-state index contributed by atoms with van der Waals surface area (Å²) in [5, 5.41) is 17.3. The maximum Gasteiger partial charge on any atom is 0.355 e. The van der Waals surface area contributed by atoms with Gasteiger partial charge in [0.05, 0.1) is 17.3 Å². The van der Waals surface area contributed by atoms with Crippen LogP contribution >= 0.6 is 0 Å². The van der Waals surface area contributed by atoms with E-state index in [0.29, 0.717) is 17.1 Å². The van der Waals surface area contributed by atoms with Gasteiger partial charge in [-0.3, -0.25) is 4.79 Å². The Labute approximate surface area is 168 Å². The number of hydrogen-bond acceptors (Lipinski definition) is 4. The molecule has 0 amide bonds. The first-order valence-electron chi connectivity index (χ1n) is 9.81. The summed E-state index contributed by atoms with van der Waals surface area (Å²) in [7, 11) is 0. The van der Waals surface area contributed by atoms with Gasteiger partial charge in [-0.05, 0) is 74.7 Å². The summed E-state index contributed by atoms with van der Waals surface area (Å²) in [6, 6.07) is 13.1. The molecule has 0 saturated carbocycles. The Morgan fingerprint density at radius 3 is 2.62 bits per heavy atom. The van der Waals surface area contributed by atoms with Crippen LogP contribution in [0.3, 0.4) is 0 Å². The molecule has 7 nitrogen and oxygen atoms in total. The number of para-hydroxylation sites is 1. The molecule has 0 saturated heterocycles. The summed E-state index contributed by atoms with van der Waals surface area (Å²) >= 11 is 0. The molecule has 4 rings (SSSR count). The molecule has 29 heavy (non-hydrogen) atoms. The van der Waals surface area contributed by atoms with Crippen molar-refractivity contribution in [3.8, 4) is 11.4 Å². The maximum atomic E-state index is 13.3. The van der Waals surface area contributed by atoms with Gasteiger partial charge in [0.15, 0.2) is 0 Å². The molecule has 1 aliphatic heterocycles. The molecule has 0 radical (unpaired) electrons. The third-order valence-electron chi connectivity index (χ3n) is 5.53. The minimum Gasteiger partial charge on any atom is -0.481 e. The van der Waals surface area contributed by atoms with Crippen LogP contribution in [0.5, 0.6) is 0 Å². The molecule has 150 valence electrons. The van der Waals surface area contributed by atoms with Crippen LogP contribution in [0, 0.1) is 6.92 Å². The van der Waals surface area contributed by atoms with Crippen LogP contribution in [-0.2, 0) is 17.6 Å². The first kappa shape index (κ1) is 19.1. The second-order valence-corrected chi connectivity index (χ2v) is 7.40. The van der Waals surface area contributed by atoms with Crippen molar-refractivity contribution in [1.82, 2.24) is 19.7 Å². The van der Waals surface area contributed by atoms with Crippen molar-refractivity contribution in [2.75, 3.05) is 13.1 Å². The molecule has 1 atom stereocenters. The van der Waals surface area contributed by atoms with Gasteiger partial charge >= 0.3 is 11.7 Å². The Morgan fingerprint density at radius 2 is 1.86 bits per heavy atom. The molecular formula is C22H24N4O3. The average Bonchev–Trinajstić information content (AvgIpc) is 2.88. The largest absolute Gasteiger partial charge is 0.481 e. The van der Waals surface area contributed by atoms with Crippen molar-refractivity contribution in [2.24, 2.45) is 0 Å². The van der Waals surface area contributed by atoms with Gasteiger partial charge in [-0.25, -0.2) is 9.36 Å². The molecule has 2 N–H and O–H groups in total. The number of aliphatic carboxylic acids is 1. The lowest BCUT2D eigenvalue weighted by atomic mass is 9.99. The number of carboxylic acid groups (broad SMARTS) is 1. The van der Waals surface area contributed by atoms with E-state index in [1.807, 2.05) is 12.1 Å². The molecule has 1 unspecified atom stereocenters. The smallest absolute Gasteiger partial charge is 0.355 e. The number of nitrogens with one attached hydrogen (secondary N) is 1. The molecule has 2 heterocycles. The monoisotopic (exact) mass is 392 g/mol. The van der Waals surface area contributed by atoms with Gasteiger partial charge < -0.3 is 10.4 Å². The van der Waals surface area contributed by atoms with Gasteiger partial charge in [-0.15, -0.1) is 5.10 Å². The van der Waals surface area contributed by atoms with Crippen LogP contribution in [0.4, 0.5) is 0 Å². The fourth-order valence-electron chi connectivity index (χ4n) is 3.89. The van der Waals surface area contributed by atoms with E-state index in [0.717, 1.165) is 31.6 Å². The molecule has 0 fully saturated rings. The summed E-state index contributed by atoms with van der Waals surface area (Å²) in [5.74, 6) is -1.16. The quantitative estimate of drug-likeness (QED) is 0.711. The Hall–Kier alpha value is -3.19. The van der Waals surface area contributed by atoms with Crippen molar-refractivity contribution in [3.63, 3.8) is 0 Å². The summed E-state index contributed by atoms with van der Waals surface area (Å²) in [4.78, 5) is 24.8. The topological polar surface area (TPSA) is 89.2 Å². The predicted octanol–water partition coefficient (Wildman–Crippen LogP) is 2.21. The molecule has 1 aromatic heterocycles. The van der Waals surface area contributed by atoms with Gasteiger partial charge in [0.25, 0.3) is 0 Å². The zero-order chi connectivity index (χ0) is 20.5. The number of carbonyl (C=O) groups is 1. The highest BCUT2D eigenvalue weighted by Crippen LogP contribution is 2.24. The van der Waals surface area contributed by atoms with E-state index in [9.17, 15) is 14.7 Å². The van der Waals surface area contributed by atoms with Crippen molar-refractivity contribution in [2.45, 2.75) is 32.6 Å². The standard InChI is InChI=1S/C22H24N4O3/c1-14(21(27)28)19-5-3-4-6-20(19)25-15(2)24-26(22(25)29)18-8-7-16-9-11-23-12-10-17(16)13-18/h3-8,13-14,23H,9-12H2,1-2H3,(H,27,28). The lowest BCUT2D eigenvalue weighted by Gasteiger charge is -2.13. The Morgan fingerprint density at radius 1 is 1.14 bits per heavy atom. The number of benzene rings is 2. The first-order valence-corrected chi connectivity index (χ1v) is 9.81. The van der Waals surface area contributed by atoms with Crippen LogP contribution in [0.2, 0.25) is 0 Å². The lowest BCUT2D eigenvalue weighted by molar-refractivity contribution is -0.138. The molecule has 0 bridgehead atoms. The molecule has 3 aromatic rings. The highest BCUT2D eigenvalue weighted by atomic mass is 16.4. The Bertz CT molecular complexity index is 1130. The van der Waals surface area contributed by atoms with E-state index < -0.39 is 11.9 Å². The van der Waals surface area contributed by atoms with Gasteiger partial charge in [0.1, 0.15) is 5.82 Å². The molecule has 0 aliphatic carbocycles. The summed E-state index contributed by atoms with van der Waals surface area (Å²) in [6.07, 6.45) is 1.88. The Balaban J connectivity index is 1.83. The third-order valence-corrected chi connectivity index (χ3v) is 5.53. The zero-order valence-corrected chi connectivity index (χ0v) is 16.6. The second-order valence-electron chi connectivity index (χ2n) is 7.40. The number of aryl methyl sites for hydroxylation is 1. The number of rotatable bonds is 4. The van der Waals surface area contributed by atoms with Crippen LogP contribution in [0.25, 0.3) is 11.4 Å². The SMILES string of the molecule is Cc1nn(-c2ccc3c(c2)CCNCC3)c(=O)n1-c1ccccc1C(C)C(=O)O. The van der Waals surface area contributed by atoms with E-state index in [2.05, 4.69) is 16.5 Å². The highest BCUT2D eigenvalue weighted by molar-refractivity contribution is 5.77. The van der Waals surface area contributed by atoms with Gasteiger partial charge in [-0.1, -0.05) is 24.3 Å². The number of fused-ring (bicyclic) bond motifs is 1. The average molecular weight is 392 g/mol. The summed E-state index contributed by atoms with van der Waals surface area (Å²) in [5.41, 5.74) is 4.07. The molecule has 0 spiro atoms. The van der Waals surface area contributed by atoms with Gasteiger partial charge in [0, 0.05) is 0 Å². The van der Waals surface area contributed by atoms with Crippen LogP contribution in [0.1, 0.15) is 35.4 Å². The Kier molecular flexibility index (Phi) is 5.07. The number of carboxylic acids is 1. The lowest BCUT2D eigenvalue weighted by Crippen LogP contribution is -2.24. The van der Waals surface area contributed by atoms with E-state index in [-0.39, 0.29) is 5.69 Å². The minimum atomic E-state index is -0.935. The second kappa shape index (κ2) is 7.67. The van der Waals surface area contributed by atoms with Crippen LogP contribution in [0.15, 0.2) is 47.3 Å². The van der Waals surface area contributed by atoms with Gasteiger partial charge in [0.2, 0.25) is 0 Å².